The highest BCUT2D eigenvalue weighted by Crippen LogP contribution is 2.39. The standard InChI is InChI=1S/C35H25N/c1-24-10-18-34-29(20-24)11-12-30-23-33(17-19-35(30)34)36(31-15-13-25-6-2-4-8-27(25)21-31)32-16-14-26-7-3-5-9-28(26)22-32/h2-23H,1H3. The van der Waals surface area contributed by atoms with E-state index in [0.29, 0.717) is 0 Å². The predicted octanol–water partition coefficient (Wildman–Crippen LogP) is 10.1. The number of rotatable bonds is 3. The van der Waals surface area contributed by atoms with Crippen molar-refractivity contribution in [3.05, 3.63) is 139 Å². The average Bonchev–Trinajstić information content (AvgIpc) is 2.92. The van der Waals surface area contributed by atoms with Crippen LogP contribution >= 0.6 is 0 Å². The summed E-state index contributed by atoms with van der Waals surface area (Å²) in [5, 5.41) is 10.1. The zero-order valence-electron chi connectivity index (χ0n) is 20.1. The van der Waals surface area contributed by atoms with Crippen LogP contribution in [0.4, 0.5) is 17.1 Å². The first-order chi connectivity index (χ1) is 17.7. The van der Waals surface area contributed by atoms with Crippen molar-refractivity contribution in [3.8, 4) is 0 Å². The molecule has 7 aromatic rings. The molecule has 0 N–H and O–H groups in total. The molecule has 0 aliphatic rings. The molecule has 0 heterocycles. The van der Waals surface area contributed by atoms with Gasteiger partial charge in [-0.05, 0) is 86.4 Å². The fourth-order valence-corrected chi connectivity index (χ4v) is 5.40. The van der Waals surface area contributed by atoms with Gasteiger partial charge < -0.3 is 4.90 Å². The van der Waals surface area contributed by atoms with Gasteiger partial charge in [0, 0.05) is 17.1 Å². The van der Waals surface area contributed by atoms with E-state index in [4.69, 9.17) is 0 Å². The van der Waals surface area contributed by atoms with Crippen LogP contribution in [0.5, 0.6) is 0 Å². The maximum atomic E-state index is 2.37. The Bertz CT molecular complexity index is 1840. The van der Waals surface area contributed by atoms with E-state index in [1.54, 1.807) is 0 Å². The molecular weight excluding hydrogens is 434 g/mol. The predicted molar refractivity (Wildman–Crippen MR) is 156 cm³/mol. The van der Waals surface area contributed by atoms with Gasteiger partial charge in [0.25, 0.3) is 0 Å². The SMILES string of the molecule is Cc1ccc2c(ccc3cc(N(c4ccc5ccccc5c4)c4ccc5ccccc5c4)ccc32)c1. The molecule has 0 fully saturated rings. The van der Waals surface area contributed by atoms with Crippen LogP contribution in [0.15, 0.2) is 133 Å². The molecule has 0 aliphatic heterocycles. The van der Waals surface area contributed by atoms with Gasteiger partial charge in [-0.2, -0.15) is 0 Å². The fraction of sp³-hybridized carbons (Fsp3) is 0.0286. The van der Waals surface area contributed by atoms with E-state index in [-0.39, 0.29) is 0 Å². The third kappa shape index (κ3) is 3.49. The van der Waals surface area contributed by atoms with E-state index in [9.17, 15) is 0 Å². The first-order valence-corrected chi connectivity index (χ1v) is 12.4. The van der Waals surface area contributed by atoms with Gasteiger partial charge in [-0.1, -0.05) is 103 Å². The van der Waals surface area contributed by atoms with E-state index in [2.05, 4.69) is 145 Å². The number of hydrogen-bond acceptors (Lipinski definition) is 1. The molecule has 0 aromatic heterocycles. The van der Waals surface area contributed by atoms with Gasteiger partial charge in [0.2, 0.25) is 0 Å². The fourth-order valence-electron chi connectivity index (χ4n) is 5.40. The Labute approximate surface area is 210 Å². The highest BCUT2D eigenvalue weighted by atomic mass is 15.1. The van der Waals surface area contributed by atoms with Gasteiger partial charge in [-0.3, -0.25) is 0 Å². The quantitative estimate of drug-likeness (QED) is 0.238. The van der Waals surface area contributed by atoms with Crippen molar-refractivity contribution in [2.24, 2.45) is 0 Å². The summed E-state index contributed by atoms with van der Waals surface area (Å²) in [5.41, 5.74) is 4.75. The molecule has 0 bridgehead atoms. The lowest BCUT2D eigenvalue weighted by Gasteiger charge is -2.26. The molecule has 0 spiro atoms. The van der Waals surface area contributed by atoms with Crippen LogP contribution in [0.3, 0.4) is 0 Å². The molecule has 0 radical (unpaired) electrons. The van der Waals surface area contributed by atoms with Crippen LogP contribution in [-0.4, -0.2) is 0 Å². The van der Waals surface area contributed by atoms with Crippen LogP contribution < -0.4 is 4.90 Å². The summed E-state index contributed by atoms with van der Waals surface area (Å²) in [6.45, 7) is 2.15. The molecule has 170 valence electrons. The second-order valence-corrected chi connectivity index (χ2v) is 9.59. The Balaban J connectivity index is 1.45. The lowest BCUT2D eigenvalue weighted by molar-refractivity contribution is 1.30. The van der Waals surface area contributed by atoms with Crippen LogP contribution in [0, 0.1) is 6.92 Å². The van der Waals surface area contributed by atoms with Crippen molar-refractivity contribution < 1.29 is 0 Å². The molecular formula is C35H25N. The molecule has 7 rings (SSSR count). The second kappa shape index (κ2) is 8.25. The summed E-state index contributed by atoms with van der Waals surface area (Å²) < 4.78 is 0. The Hall–Kier alpha value is -4.62. The molecule has 0 unspecified atom stereocenters. The maximum Gasteiger partial charge on any atom is 0.0468 e. The van der Waals surface area contributed by atoms with E-state index in [0.717, 1.165) is 17.1 Å². The lowest BCUT2D eigenvalue weighted by Crippen LogP contribution is -2.10. The normalized spacial score (nSPS) is 11.5. The average molecular weight is 460 g/mol. The summed E-state index contributed by atoms with van der Waals surface area (Å²) in [7, 11) is 0. The van der Waals surface area contributed by atoms with Gasteiger partial charge in [0.05, 0.1) is 0 Å². The van der Waals surface area contributed by atoms with Crippen molar-refractivity contribution >= 4 is 60.2 Å². The third-order valence-electron chi connectivity index (χ3n) is 7.22. The molecule has 0 saturated heterocycles. The Kier molecular flexibility index (Phi) is 4.75. The summed E-state index contributed by atoms with van der Waals surface area (Å²) in [6.07, 6.45) is 0. The molecule has 0 amide bonds. The van der Waals surface area contributed by atoms with E-state index in [1.807, 2.05) is 0 Å². The van der Waals surface area contributed by atoms with Crippen LogP contribution in [0.25, 0.3) is 43.1 Å². The van der Waals surface area contributed by atoms with Gasteiger partial charge in [-0.25, -0.2) is 0 Å². The maximum absolute atomic E-state index is 2.37. The first kappa shape index (κ1) is 20.7. The van der Waals surface area contributed by atoms with Crippen molar-refractivity contribution in [1.29, 1.82) is 0 Å². The molecule has 36 heavy (non-hydrogen) atoms. The largest absolute Gasteiger partial charge is 0.310 e. The van der Waals surface area contributed by atoms with Gasteiger partial charge in [0.1, 0.15) is 0 Å². The van der Waals surface area contributed by atoms with Gasteiger partial charge in [0.15, 0.2) is 0 Å². The molecule has 0 aliphatic carbocycles. The summed E-state index contributed by atoms with van der Waals surface area (Å²) in [6, 6.07) is 48.6. The second-order valence-electron chi connectivity index (χ2n) is 9.59. The first-order valence-electron chi connectivity index (χ1n) is 12.4. The monoisotopic (exact) mass is 459 g/mol. The third-order valence-corrected chi connectivity index (χ3v) is 7.22. The minimum atomic E-state index is 1.15. The van der Waals surface area contributed by atoms with E-state index >= 15 is 0 Å². The number of hydrogen-bond donors (Lipinski definition) is 0. The Morgan fingerprint density at radius 3 is 1.36 bits per heavy atom. The number of anilines is 3. The smallest absolute Gasteiger partial charge is 0.0468 e. The number of fused-ring (bicyclic) bond motifs is 5. The zero-order chi connectivity index (χ0) is 24.1. The molecule has 1 heteroatoms. The summed E-state index contributed by atoms with van der Waals surface area (Å²) in [5.74, 6) is 0. The zero-order valence-corrected chi connectivity index (χ0v) is 20.1. The van der Waals surface area contributed by atoms with Crippen molar-refractivity contribution in [2.45, 2.75) is 6.92 Å². The number of aryl methyl sites for hydroxylation is 1. The van der Waals surface area contributed by atoms with Crippen LogP contribution in [0.2, 0.25) is 0 Å². The van der Waals surface area contributed by atoms with Crippen molar-refractivity contribution in [2.75, 3.05) is 4.90 Å². The lowest BCUT2D eigenvalue weighted by atomic mass is 9.99. The minimum Gasteiger partial charge on any atom is -0.310 e. The van der Waals surface area contributed by atoms with Gasteiger partial charge >= 0.3 is 0 Å². The van der Waals surface area contributed by atoms with E-state index < -0.39 is 0 Å². The Morgan fingerprint density at radius 2 is 0.778 bits per heavy atom. The number of nitrogens with zero attached hydrogens (tertiary/aromatic N) is 1. The van der Waals surface area contributed by atoms with E-state index in [1.165, 1.54) is 48.7 Å². The van der Waals surface area contributed by atoms with Crippen LogP contribution in [0.1, 0.15) is 5.56 Å². The highest BCUT2D eigenvalue weighted by Gasteiger charge is 2.15. The summed E-state index contributed by atoms with van der Waals surface area (Å²) in [4.78, 5) is 2.37. The topological polar surface area (TPSA) is 3.24 Å². The van der Waals surface area contributed by atoms with Crippen LogP contribution in [-0.2, 0) is 0 Å². The minimum absolute atomic E-state index is 1.15. The molecule has 7 aromatic carbocycles. The number of benzene rings is 7. The highest BCUT2D eigenvalue weighted by molar-refractivity contribution is 6.09. The van der Waals surface area contributed by atoms with Crippen molar-refractivity contribution in [3.63, 3.8) is 0 Å². The van der Waals surface area contributed by atoms with Gasteiger partial charge in [-0.15, -0.1) is 0 Å². The molecule has 0 atom stereocenters. The summed E-state index contributed by atoms with van der Waals surface area (Å²) >= 11 is 0. The Morgan fingerprint density at radius 1 is 0.361 bits per heavy atom. The molecule has 0 saturated carbocycles. The molecule has 1 nitrogen and oxygen atoms in total. The van der Waals surface area contributed by atoms with Crippen molar-refractivity contribution in [1.82, 2.24) is 0 Å².